The van der Waals surface area contributed by atoms with Crippen molar-refractivity contribution in [2.45, 2.75) is 6.92 Å². The van der Waals surface area contributed by atoms with Crippen LogP contribution in [-0.4, -0.2) is 11.6 Å². The van der Waals surface area contributed by atoms with Crippen molar-refractivity contribution in [3.05, 3.63) is 35.0 Å². The van der Waals surface area contributed by atoms with Gasteiger partial charge in [0.15, 0.2) is 0 Å². The van der Waals surface area contributed by atoms with Crippen LogP contribution in [0.15, 0.2) is 30.5 Å². The first kappa shape index (κ1) is 9.21. The van der Waals surface area contributed by atoms with Crippen LogP contribution in [0.5, 0.6) is 5.75 Å². The van der Waals surface area contributed by atoms with Crippen LogP contribution < -0.4 is 4.74 Å². The van der Waals surface area contributed by atoms with Gasteiger partial charge in [0.2, 0.25) is 0 Å². The molecule has 0 aliphatic rings. The molecule has 0 aliphatic carbocycles. The smallest absolute Gasteiger partial charge is 0.121 e. The minimum atomic E-state index is 0.680. The van der Waals surface area contributed by atoms with Crippen LogP contribution in [0.2, 0.25) is 0 Å². The molecule has 72 valence electrons. The summed E-state index contributed by atoms with van der Waals surface area (Å²) in [5.41, 5.74) is 1.02. The van der Waals surface area contributed by atoms with Crippen molar-refractivity contribution in [1.29, 1.82) is 0 Å². The first-order chi connectivity index (χ1) is 6.81. The lowest BCUT2D eigenvalue weighted by Gasteiger charge is -2.04. The lowest BCUT2D eigenvalue weighted by Crippen LogP contribution is -1.91. The third kappa shape index (κ3) is 1.63. The number of ether oxygens (including phenoxy) is 1. The third-order valence-electron chi connectivity index (χ3n) is 2.04. The predicted molar refractivity (Wildman–Crippen MR) is 60.3 cm³/mol. The quantitative estimate of drug-likeness (QED) is 0.761. The second-order valence-electron chi connectivity index (χ2n) is 2.98. The van der Waals surface area contributed by atoms with Crippen LogP contribution in [0, 0.1) is 4.51 Å². The number of aromatic nitrogens is 1. The van der Waals surface area contributed by atoms with Crippen LogP contribution >= 0.6 is 12.2 Å². The Morgan fingerprint density at radius 2 is 2.21 bits per heavy atom. The molecule has 0 radical (unpaired) electrons. The molecule has 1 N–H and O–H groups in total. The van der Waals surface area contributed by atoms with Gasteiger partial charge in [-0.2, -0.15) is 0 Å². The van der Waals surface area contributed by atoms with Crippen LogP contribution in [-0.2, 0) is 0 Å². The number of nitrogens with one attached hydrogen (secondary N) is 1. The molecule has 2 rings (SSSR count). The van der Waals surface area contributed by atoms with Gasteiger partial charge >= 0.3 is 0 Å². The summed E-state index contributed by atoms with van der Waals surface area (Å²) < 4.78 is 6.26. The van der Waals surface area contributed by atoms with Gasteiger partial charge in [-0.15, -0.1) is 0 Å². The lowest BCUT2D eigenvalue weighted by atomic mass is 10.2. The fourth-order valence-corrected chi connectivity index (χ4v) is 1.66. The van der Waals surface area contributed by atoms with E-state index in [-0.39, 0.29) is 0 Å². The van der Waals surface area contributed by atoms with Crippen molar-refractivity contribution in [2.75, 3.05) is 6.61 Å². The molecule has 1 heterocycles. The molecule has 0 unspecified atom stereocenters. The van der Waals surface area contributed by atoms with Gasteiger partial charge in [0.25, 0.3) is 0 Å². The highest BCUT2D eigenvalue weighted by Crippen LogP contribution is 2.19. The van der Waals surface area contributed by atoms with Gasteiger partial charge in [0.05, 0.1) is 12.1 Å². The number of H-pyrrole nitrogens is 1. The van der Waals surface area contributed by atoms with E-state index in [1.54, 1.807) is 0 Å². The number of benzene rings is 1. The molecular weight excluding hydrogens is 194 g/mol. The van der Waals surface area contributed by atoms with E-state index in [1.165, 1.54) is 0 Å². The fraction of sp³-hybridized carbons (Fsp3) is 0.182. The number of fused-ring (bicyclic) bond motifs is 1. The molecule has 0 saturated heterocycles. The summed E-state index contributed by atoms with van der Waals surface area (Å²) >= 11 is 5.20. The molecule has 1 aromatic heterocycles. The molecule has 3 heteroatoms. The maximum atomic E-state index is 5.40. The summed E-state index contributed by atoms with van der Waals surface area (Å²) in [6, 6.07) is 7.78. The monoisotopic (exact) mass is 205 g/mol. The topological polar surface area (TPSA) is 25.0 Å². The third-order valence-corrected chi connectivity index (χ3v) is 2.40. The second-order valence-corrected chi connectivity index (χ2v) is 3.42. The SMILES string of the molecule is CCOc1ccc2c(=S)cc[nH]c2c1. The van der Waals surface area contributed by atoms with Crippen molar-refractivity contribution in [3.8, 4) is 5.75 Å². The molecule has 0 amide bonds. The first-order valence-electron chi connectivity index (χ1n) is 4.55. The molecule has 2 nitrogen and oxygen atoms in total. The van der Waals surface area contributed by atoms with Gasteiger partial charge in [0, 0.05) is 22.2 Å². The van der Waals surface area contributed by atoms with Gasteiger partial charge in [-0.25, -0.2) is 0 Å². The maximum Gasteiger partial charge on any atom is 0.121 e. The van der Waals surface area contributed by atoms with Crippen LogP contribution in [0.3, 0.4) is 0 Å². The Kier molecular flexibility index (Phi) is 2.50. The fourth-order valence-electron chi connectivity index (χ4n) is 1.41. The molecule has 14 heavy (non-hydrogen) atoms. The highest BCUT2D eigenvalue weighted by molar-refractivity contribution is 7.71. The number of rotatable bonds is 2. The standard InChI is InChI=1S/C11H11NOS/c1-2-13-8-3-4-9-10(7-8)12-6-5-11(9)14/h3-7H,2H2,1H3,(H,12,14). The summed E-state index contributed by atoms with van der Waals surface area (Å²) in [5.74, 6) is 0.872. The highest BCUT2D eigenvalue weighted by Gasteiger charge is 1.97. The van der Waals surface area contributed by atoms with Crippen molar-refractivity contribution < 1.29 is 4.74 Å². The van der Waals surface area contributed by atoms with E-state index in [1.807, 2.05) is 37.4 Å². The van der Waals surface area contributed by atoms with E-state index in [9.17, 15) is 0 Å². The van der Waals surface area contributed by atoms with Crippen molar-refractivity contribution in [1.82, 2.24) is 4.98 Å². The van der Waals surface area contributed by atoms with Crippen molar-refractivity contribution in [3.63, 3.8) is 0 Å². The molecule has 0 bridgehead atoms. The van der Waals surface area contributed by atoms with Crippen molar-refractivity contribution in [2.24, 2.45) is 0 Å². The Balaban J connectivity index is 2.61. The normalized spacial score (nSPS) is 10.4. The zero-order chi connectivity index (χ0) is 9.97. The summed E-state index contributed by atoms with van der Waals surface area (Å²) in [7, 11) is 0. The predicted octanol–water partition coefficient (Wildman–Crippen LogP) is 3.30. The first-order valence-corrected chi connectivity index (χ1v) is 4.96. The molecule has 0 saturated carbocycles. The molecule has 1 aromatic carbocycles. The molecule has 0 aliphatic heterocycles. The summed E-state index contributed by atoms with van der Waals surface area (Å²) in [5, 5.41) is 1.06. The van der Waals surface area contributed by atoms with E-state index in [0.29, 0.717) is 6.61 Å². The minimum absolute atomic E-state index is 0.680. The number of pyridine rings is 1. The Labute approximate surface area is 87.5 Å². The molecule has 0 fully saturated rings. The second kappa shape index (κ2) is 3.80. The van der Waals surface area contributed by atoms with Gasteiger partial charge in [-0.1, -0.05) is 12.2 Å². The van der Waals surface area contributed by atoms with Gasteiger partial charge in [0.1, 0.15) is 5.75 Å². The largest absolute Gasteiger partial charge is 0.494 e. The Bertz CT molecular complexity index is 504. The van der Waals surface area contributed by atoms with Gasteiger partial charge < -0.3 is 9.72 Å². The molecule has 0 atom stereocenters. The highest BCUT2D eigenvalue weighted by atomic mass is 32.1. The summed E-state index contributed by atoms with van der Waals surface area (Å²) in [4.78, 5) is 3.14. The minimum Gasteiger partial charge on any atom is -0.494 e. The zero-order valence-corrected chi connectivity index (χ0v) is 8.73. The Morgan fingerprint density at radius 1 is 1.36 bits per heavy atom. The Hall–Kier alpha value is -1.35. The average Bonchev–Trinajstić information content (AvgIpc) is 2.18. The number of aromatic amines is 1. The summed E-state index contributed by atoms with van der Waals surface area (Å²) in [6.07, 6.45) is 1.85. The maximum absolute atomic E-state index is 5.40. The van der Waals surface area contributed by atoms with Gasteiger partial charge in [-0.05, 0) is 25.1 Å². The zero-order valence-electron chi connectivity index (χ0n) is 7.91. The van der Waals surface area contributed by atoms with E-state index in [4.69, 9.17) is 17.0 Å². The van der Waals surface area contributed by atoms with Gasteiger partial charge in [-0.3, -0.25) is 0 Å². The molecule has 2 aromatic rings. The Morgan fingerprint density at radius 3 is 3.00 bits per heavy atom. The van der Waals surface area contributed by atoms with E-state index in [2.05, 4.69) is 4.98 Å². The van der Waals surface area contributed by atoms with E-state index < -0.39 is 0 Å². The van der Waals surface area contributed by atoms with E-state index >= 15 is 0 Å². The van der Waals surface area contributed by atoms with Crippen LogP contribution in [0.4, 0.5) is 0 Å². The summed E-state index contributed by atoms with van der Waals surface area (Å²) in [6.45, 7) is 2.65. The molecular formula is C11H11NOS. The number of hydrogen-bond acceptors (Lipinski definition) is 2. The van der Waals surface area contributed by atoms with E-state index in [0.717, 1.165) is 21.2 Å². The average molecular weight is 205 g/mol. The van der Waals surface area contributed by atoms with Crippen molar-refractivity contribution >= 4 is 23.1 Å². The van der Waals surface area contributed by atoms with Crippen LogP contribution in [0.1, 0.15) is 6.92 Å². The van der Waals surface area contributed by atoms with Crippen LogP contribution in [0.25, 0.3) is 10.9 Å². The number of hydrogen-bond donors (Lipinski definition) is 1. The molecule has 0 spiro atoms. The lowest BCUT2D eigenvalue weighted by molar-refractivity contribution is 0.340.